The first kappa shape index (κ1) is 18.7. The van der Waals surface area contributed by atoms with E-state index in [1.165, 1.54) is 0 Å². The minimum Gasteiger partial charge on any atom is -0.305 e. The van der Waals surface area contributed by atoms with Gasteiger partial charge in [-0.2, -0.15) is 10.2 Å². The monoisotopic (exact) mass is 408 g/mol. The normalized spacial score (nSPS) is 11.0. The number of carbonyl (C=O) groups is 1. The second-order valence-electron chi connectivity index (χ2n) is 7.05. The molecule has 3 heterocycles. The van der Waals surface area contributed by atoms with Crippen molar-refractivity contribution in [2.75, 3.05) is 5.32 Å². The quantitative estimate of drug-likeness (QED) is 0.463. The summed E-state index contributed by atoms with van der Waals surface area (Å²) in [5.74, 6) is 0.224. The minimum absolute atomic E-state index is 0.251. The van der Waals surface area contributed by atoms with Crippen LogP contribution < -0.4 is 5.32 Å². The van der Waals surface area contributed by atoms with Crippen molar-refractivity contribution in [3.8, 4) is 16.9 Å². The zero-order valence-corrected chi connectivity index (χ0v) is 16.9. The Labute approximate surface area is 179 Å². The van der Waals surface area contributed by atoms with Gasteiger partial charge in [-0.15, -0.1) is 0 Å². The van der Waals surface area contributed by atoms with Gasteiger partial charge < -0.3 is 5.32 Å². The molecule has 0 radical (unpaired) electrons. The van der Waals surface area contributed by atoms with Crippen molar-refractivity contribution in [3.63, 3.8) is 0 Å². The Kier molecular flexibility index (Phi) is 4.76. The molecule has 0 aliphatic rings. The first-order chi connectivity index (χ1) is 15.2. The van der Waals surface area contributed by atoms with Crippen LogP contribution in [0, 0.1) is 0 Å². The molecule has 1 amide bonds. The molecule has 0 atom stereocenters. The molecule has 3 aromatic heterocycles. The number of aromatic nitrogens is 5. The van der Waals surface area contributed by atoms with Gasteiger partial charge in [-0.05, 0) is 25.1 Å². The molecular weight excluding hydrogens is 388 g/mol. The molecule has 152 valence electrons. The van der Waals surface area contributed by atoms with Gasteiger partial charge in [-0.3, -0.25) is 4.79 Å². The summed E-state index contributed by atoms with van der Waals surface area (Å²) < 4.78 is 3.52. The van der Waals surface area contributed by atoms with Crippen molar-refractivity contribution in [2.45, 2.75) is 13.5 Å². The molecule has 5 aromatic rings. The van der Waals surface area contributed by atoms with Gasteiger partial charge in [0.1, 0.15) is 0 Å². The van der Waals surface area contributed by atoms with Crippen molar-refractivity contribution in [2.24, 2.45) is 0 Å². The summed E-state index contributed by atoms with van der Waals surface area (Å²) in [6.45, 7) is 2.66. The number of aryl methyl sites for hydroxylation is 1. The van der Waals surface area contributed by atoms with Crippen LogP contribution in [-0.4, -0.2) is 30.5 Å². The van der Waals surface area contributed by atoms with Crippen LogP contribution in [0.5, 0.6) is 0 Å². The molecule has 5 rings (SSSR count). The number of hydrogen-bond acceptors (Lipinski definition) is 4. The van der Waals surface area contributed by atoms with Gasteiger partial charge in [-0.1, -0.05) is 48.5 Å². The highest BCUT2D eigenvalue weighted by Crippen LogP contribution is 2.25. The standard InChI is InChI=1S/C24H20N6O/c1-2-29-23-20(16-25-29)19(15-21(26-23)17-9-5-3-6-10-17)24(31)27-22-13-14-30(28-22)18-11-7-4-8-12-18/h3-16H,2H2,1H3,(H,27,28,31). The topological polar surface area (TPSA) is 77.6 Å². The largest absolute Gasteiger partial charge is 0.305 e. The lowest BCUT2D eigenvalue weighted by atomic mass is 10.1. The molecule has 0 unspecified atom stereocenters. The molecule has 2 aromatic carbocycles. The predicted octanol–water partition coefficient (Wildman–Crippen LogP) is 4.56. The molecular formula is C24H20N6O. The zero-order chi connectivity index (χ0) is 21.2. The van der Waals surface area contributed by atoms with Crippen LogP contribution >= 0.6 is 0 Å². The van der Waals surface area contributed by atoms with Crippen LogP contribution in [0.2, 0.25) is 0 Å². The fourth-order valence-electron chi connectivity index (χ4n) is 3.52. The van der Waals surface area contributed by atoms with Gasteiger partial charge >= 0.3 is 0 Å². The molecule has 0 saturated carbocycles. The maximum atomic E-state index is 13.2. The zero-order valence-electron chi connectivity index (χ0n) is 16.9. The molecule has 0 spiro atoms. The van der Waals surface area contributed by atoms with Gasteiger partial charge in [0.25, 0.3) is 5.91 Å². The molecule has 0 fully saturated rings. The first-order valence-electron chi connectivity index (χ1n) is 10.1. The predicted molar refractivity (Wildman–Crippen MR) is 120 cm³/mol. The van der Waals surface area contributed by atoms with Crippen LogP contribution in [0.4, 0.5) is 5.82 Å². The molecule has 1 N–H and O–H groups in total. The Hall–Kier alpha value is -4.26. The number of amides is 1. The number of benzene rings is 2. The lowest BCUT2D eigenvalue weighted by Crippen LogP contribution is -2.14. The van der Waals surface area contributed by atoms with Crippen LogP contribution in [-0.2, 0) is 6.54 Å². The molecule has 0 aliphatic heterocycles. The Morgan fingerprint density at radius 1 is 1.00 bits per heavy atom. The van der Waals surface area contributed by atoms with Crippen LogP contribution in [0.1, 0.15) is 17.3 Å². The number of hydrogen-bond donors (Lipinski definition) is 1. The molecule has 31 heavy (non-hydrogen) atoms. The van der Waals surface area contributed by atoms with Gasteiger partial charge in [0.05, 0.1) is 28.5 Å². The number of fused-ring (bicyclic) bond motifs is 1. The van der Waals surface area contributed by atoms with E-state index >= 15 is 0 Å². The Morgan fingerprint density at radius 2 is 1.74 bits per heavy atom. The number of pyridine rings is 1. The summed E-state index contributed by atoms with van der Waals surface area (Å²) in [4.78, 5) is 18.0. The number of anilines is 1. The third-order valence-electron chi connectivity index (χ3n) is 5.07. The van der Waals surface area contributed by atoms with E-state index in [1.807, 2.05) is 79.9 Å². The van der Waals surface area contributed by atoms with Crippen molar-refractivity contribution in [1.82, 2.24) is 24.5 Å². The van der Waals surface area contributed by atoms with E-state index in [1.54, 1.807) is 21.6 Å². The number of para-hydroxylation sites is 1. The van der Waals surface area contributed by atoms with Crippen LogP contribution in [0.25, 0.3) is 28.0 Å². The van der Waals surface area contributed by atoms with E-state index in [0.717, 1.165) is 16.9 Å². The van der Waals surface area contributed by atoms with E-state index in [0.29, 0.717) is 29.0 Å². The number of rotatable bonds is 5. The fraction of sp³-hybridized carbons (Fsp3) is 0.0833. The average molecular weight is 408 g/mol. The van der Waals surface area contributed by atoms with Crippen molar-refractivity contribution in [1.29, 1.82) is 0 Å². The molecule has 0 saturated heterocycles. The molecule has 7 nitrogen and oxygen atoms in total. The molecule has 7 heteroatoms. The summed E-state index contributed by atoms with van der Waals surface area (Å²) >= 11 is 0. The lowest BCUT2D eigenvalue weighted by Gasteiger charge is -2.08. The summed E-state index contributed by atoms with van der Waals surface area (Å²) in [5.41, 5.74) is 3.78. The van der Waals surface area contributed by atoms with Gasteiger partial charge in [0.15, 0.2) is 11.5 Å². The van der Waals surface area contributed by atoms with E-state index in [4.69, 9.17) is 4.98 Å². The third kappa shape index (κ3) is 3.57. The Balaban J connectivity index is 1.52. The average Bonchev–Trinajstić information content (AvgIpc) is 3.46. The highest BCUT2D eigenvalue weighted by Gasteiger charge is 2.18. The SMILES string of the molecule is CCn1ncc2c(C(=O)Nc3ccn(-c4ccccc4)n3)cc(-c3ccccc3)nc21. The second-order valence-corrected chi connectivity index (χ2v) is 7.05. The maximum absolute atomic E-state index is 13.2. The van der Waals surface area contributed by atoms with Crippen molar-refractivity contribution in [3.05, 3.63) is 90.8 Å². The fourth-order valence-corrected chi connectivity index (χ4v) is 3.52. The van der Waals surface area contributed by atoms with Crippen LogP contribution in [0.3, 0.4) is 0 Å². The highest BCUT2D eigenvalue weighted by molar-refractivity contribution is 6.12. The van der Waals surface area contributed by atoms with E-state index in [9.17, 15) is 4.79 Å². The number of carbonyl (C=O) groups excluding carboxylic acids is 1. The van der Waals surface area contributed by atoms with Crippen molar-refractivity contribution >= 4 is 22.8 Å². The van der Waals surface area contributed by atoms with E-state index in [2.05, 4.69) is 15.5 Å². The van der Waals surface area contributed by atoms with Gasteiger partial charge in [-0.25, -0.2) is 14.3 Å². The summed E-state index contributed by atoms with van der Waals surface area (Å²) in [6.07, 6.45) is 3.51. The molecule has 0 bridgehead atoms. The Morgan fingerprint density at radius 3 is 2.48 bits per heavy atom. The first-order valence-corrected chi connectivity index (χ1v) is 10.1. The smallest absolute Gasteiger partial charge is 0.257 e. The summed E-state index contributed by atoms with van der Waals surface area (Å²) in [5, 5.41) is 12.5. The summed E-state index contributed by atoms with van der Waals surface area (Å²) in [7, 11) is 0. The summed E-state index contributed by atoms with van der Waals surface area (Å²) in [6, 6.07) is 23.1. The third-order valence-corrected chi connectivity index (χ3v) is 5.07. The lowest BCUT2D eigenvalue weighted by molar-refractivity contribution is 0.102. The minimum atomic E-state index is -0.251. The van der Waals surface area contributed by atoms with E-state index in [-0.39, 0.29) is 5.91 Å². The Bertz CT molecular complexity index is 1360. The van der Waals surface area contributed by atoms with E-state index < -0.39 is 0 Å². The van der Waals surface area contributed by atoms with Gasteiger partial charge in [0.2, 0.25) is 0 Å². The maximum Gasteiger partial charge on any atom is 0.257 e. The highest BCUT2D eigenvalue weighted by atomic mass is 16.1. The number of nitrogens with one attached hydrogen (secondary N) is 1. The second kappa shape index (κ2) is 7.87. The van der Waals surface area contributed by atoms with Crippen LogP contribution in [0.15, 0.2) is 85.2 Å². The van der Waals surface area contributed by atoms with Crippen molar-refractivity contribution < 1.29 is 4.79 Å². The number of nitrogens with zero attached hydrogens (tertiary/aromatic N) is 5. The van der Waals surface area contributed by atoms with Gasteiger partial charge in [0, 0.05) is 24.4 Å². The molecule has 0 aliphatic carbocycles.